The van der Waals surface area contributed by atoms with Crippen LogP contribution in [-0.4, -0.2) is 15.0 Å². The van der Waals surface area contributed by atoms with Crippen LogP contribution in [0, 0.1) is 5.92 Å². The lowest BCUT2D eigenvalue weighted by Gasteiger charge is -2.31. The maximum Gasteiger partial charge on any atom is 0.0757 e. The van der Waals surface area contributed by atoms with Crippen molar-refractivity contribution >= 4 is 0 Å². The molecule has 2 N–H and O–H groups in total. The Kier molecular flexibility index (Phi) is 2.82. The molecule has 1 heterocycles. The molecule has 1 unspecified atom stereocenters. The zero-order valence-corrected chi connectivity index (χ0v) is 8.69. The van der Waals surface area contributed by atoms with Crippen LogP contribution in [0.1, 0.15) is 44.3 Å². The zero-order valence-electron chi connectivity index (χ0n) is 8.69. The molecule has 1 aromatic rings. The Labute approximate surface area is 84.5 Å². The molecule has 1 fully saturated rings. The molecule has 0 saturated heterocycles. The van der Waals surface area contributed by atoms with Gasteiger partial charge in [-0.2, -0.15) is 0 Å². The number of aromatic nitrogens is 3. The molecule has 0 aliphatic heterocycles. The van der Waals surface area contributed by atoms with E-state index >= 15 is 0 Å². The van der Waals surface area contributed by atoms with E-state index in [1.165, 1.54) is 19.3 Å². The van der Waals surface area contributed by atoms with E-state index in [1.54, 1.807) is 0 Å². The van der Waals surface area contributed by atoms with Crippen molar-refractivity contribution in [3.63, 3.8) is 0 Å². The largest absolute Gasteiger partial charge is 0.322 e. The van der Waals surface area contributed by atoms with E-state index in [2.05, 4.69) is 17.2 Å². The summed E-state index contributed by atoms with van der Waals surface area (Å²) >= 11 is 0. The highest BCUT2D eigenvalue weighted by molar-refractivity contribution is 5.04. The molecule has 1 atom stereocenters. The van der Waals surface area contributed by atoms with E-state index in [9.17, 15) is 0 Å². The lowest BCUT2D eigenvalue weighted by molar-refractivity contribution is 0.255. The van der Waals surface area contributed by atoms with Crippen molar-refractivity contribution in [1.82, 2.24) is 15.0 Å². The van der Waals surface area contributed by atoms with E-state index in [4.69, 9.17) is 5.73 Å². The summed E-state index contributed by atoms with van der Waals surface area (Å²) in [6, 6.07) is 0.144. The third-order valence-corrected chi connectivity index (χ3v) is 3.08. The van der Waals surface area contributed by atoms with Crippen molar-refractivity contribution in [2.24, 2.45) is 11.7 Å². The van der Waals surface area contributed by atoms with Gasteiger partial charge in [0, 0.05) is 6.54 Å². The van der Waals surface area contributed by atoms with E-state index in [0.29, 0.717) is 5.92 Å². The van der Waals surface area contributed by atoms with Gasteiger partial charge < -0.3 is 5.73 Å². The summed E-state index contributed by atoms with van der Waals surface area (Å²) in [7, 11) is 0. The quantitative estimate of drug-likeness (QED) is 0.790. The van der Waals surface area contributed by atoms with E-state index < -0.39 is 0 Å². The SMILES string of the molecule is CCCn1nncc1C(N)C1CCC1. The molecular weight excluding hydrogens is 176 g/mol. The van der Waals surface area contributed by atoms with Crippen molar-refractivity contribution in [1.29, 1.82) is 0 Å². The van der Waals surface area contributed by atoms with E-state index in [1.807, 2.05) is 10.9 Å². The predicted molar refractivity (Wildman–Crippen MR) is 54.6 cm³/mol. The molecule has 0 spiro atoms. The van der Waals surface area contributed by atoms with Crippen LogP contribution in [0.15, 0.2) is 6.20 Å². The molecule has 1 aromatic heterocycles. The fourth-order valence-corrected chi connectivity index (χ4v) is 1.95. The first kappa shape index (κ1) is 9.65. The first-order chi connectivity index (χ1) is 6.83. The summed E-state index contributed by atoms with van der Waals surface area (Å²) in [6.45, 7) is 3.07. The first-order valence-corrected chi connectivity index (χ1v) is 5.47. The second-order valence-corrected chi connectivity index (χ2v) is 4.10. The van der Waals surface area contributed by atoms with Gasteiger partial charge in [-0.05, 0) is 25.2 Å². The van der Waals surface area contributed by atoms with Crippen LogP contribution in [0.5, 0.6) is 0 Å². The van der Waals surface area contributed by atoms with E-state index in [0.717, 1.165) is 18.7 Å². The Morgan fingerprint density at radius 1 is 1.64 bits per heavy atom. The average Bonchev–Trinajstić information content (AvgIpc) is 2.49. The van der Waals surface area contributed by atoms with Gasteiger partial charge in [0.1, 0.15) is 0 Å². The van der Waals surface area contributed by atoms with Gasteiger partial charge in [-0.3, -0.25) is 0 Å². The normalized spacial score (nSPS) is 19.3. The molecule has 0 bridgehead atoms. The fourth-order valence-electron chi connectivity index (χ4n) is 1.95. The summed E-state index contributed by atoms with van der Waals surface area (Å²) in [5.74, 6) is 0.657. The molecule has 14 heavy (non-hydrogen) atoms. The monoisotopic (exact) mass is 194 g/mol. The Morgan fingerprint density at radius 3 is 3.00 bits per heavy atom. The van der Waals surface area contributed by atoms with Crippen LogP contribution in [-0.2, 0) is 6.54 Å². The van der Waals surface area contributed by atoms with Crippen molar-refractivity contribution < 1.29 is 0 Å². The molecule has 1 aliphatic rings. The molecule has 0 aromatic carbocycles. The third kappa shape index (κ3) is 1.66. The van der Waals surface area contributed by atoms with Gasteiger partial charge in [0.25, 0.3) is 0 Å². The highest BCUT2D eigenvalue weighted by Gasteiger charge is 2.27. The smallest absolute Gasteiger partial charge is 0.0757 e. The van der Waals surface area contributed by atoms with Crippen LogP contribution in [0.3, 0.4) is 0 Å². The highest BCUT2D eigenvalue weighted by Crippen LogP contribution is 2.35. The summed E-state index contributed by atoms with van der Waals surface area (Å²) in [6.07, 6.45) is 6.75. The molecule has 2 rings (SSSR count). The first-order valence-electron chi connectivity index (χ1n) is 5.47. The number of rotatable bonds is 4. The number of aryl methyl sites for hydroxylation is 1. The molecule has 0 radical (unpaired) electrons. The minimum Gasteiger partial charge on any atom is -0.322 e. The van der Waals surface area contributed by atoms with E-state index in [-0.39, 0.29) is 6.04 Å². The van der Waals surface area contributed by atoms with Crippen molar-refractivity contribution in [3.8, 4) is 0 Å². The topological polar surface area (TPSA) is 56.7 Å². The predicted octanol–water partition coefficient (Wildman–Crippen LogP) is 1.49. The standard InChI is InChI=1S/C10H18N4/c1-2-6-14-9(7-12-13-14)10(11)8-4-3-5-8/h7-8,10H,2-6,11H2,1H3. The van der Waals surface area contributed by atoms with Crippen LogP contribution < -0.4 is 5.73 Å². The Balaban J connectivity index is 2.09. The summed E-state index contributed by atoms with van der Waals surface area (Å²) in [4.78, 5) is 0. The fraction of sp³-hybridized carbons (Fsp3) is 0.800. The lowest BCUT2D eigenvalue weighted by atomic mass is 9.79. The lowest BCUT2D eigenvalue weighted by Crippen LogP contribution is -2.29. The number of hydrogen-bond acceptors (Lipinski definition) is 3. The Bertz CT molecular complexity index is 290. The van der Waals surface area contributed by atoms with Crippen LogP contribution in [0.2, 0.25) is 0 Å². The Hall–Kier alpha value is -0.900. The number of hydrogen-bond donors (Lipinski definition) is 1. The van der Waals surface area contributed by atoms with Crippen LogP contribution >= 0.6 is 0 Å². The average molecular weight is 194 g/mol. The minimum atomic E-state index is 0.144. The van der Waals surface area contributed by atoms with Gasteiger partial charge in [-0.25, -0.2) is 4.68 Å². The molecule has 1 aliphatic carbocycles. The van der Waals surface area contributed by atoms with Gasteiger partial charge in [0.05, 0.1) is 17.9 Å². The molecule has 4 nitrogen and oxygen atoms in total. The summed E-state index contributed by atoms with van der Waals surface area (Å²) < 4.78 is 1.95. The van der Waals surface area contributed by atoms with Crippen LogP contribution in [0.25, 0.3) is 0 Å². The highest BCUT2D eigenvalue weighted by atomic mass is 15.4. The molecule has 1 saturated carbocycles. The van der Waals surface area contributed by atoms with Gasteiger partial charge in [-0.15, -0.1) is 5.10 Å². The van der Waals surface area contributed by atoms with Gasteiger partial charge in [-0.1, -0.05) is 18.6 Å². The summed E-state index contributed by atoms with van der Waals surface area (Å²) in [5.41, 5.74) is 7.28. The second-order valence-electron chi connectivity index (χ2n) is 4.10. The third-order valence-electron chi connectivity index (χ3n) is 3.08. The van der Waals surface area contributed by atoms with Gasteiger partial charge >= 0.3 is 0 Å². The number of nitrogens with zero attached hydrogens (tertiary/aromatic N) is 3. The molecule has 4 heteroatoms. The zero-order chi connectivity index (χ0) is 9.97. The van der Waals surface area contributed by atoms with Crippen molar-refractivity contribution in [2.45, 2.75) is 45.2 Å². The van der Waals surface area contributed by atoms with Crippen molar-refractivity contribution in [3.05, 3.63) is 11.9 Å². The van der Waals surface area contributed by atoms with Gasteiger partial charge in [0.15, 0.2) is 0 Å². The minimum absolute atomic E-state index is 0.144. The second kappa shape index (κ2) is 4.09. The van der Waals surface area contributed by atoms with Crippen molar-refractivity contribution in [2.75, 3.05) is 0 Å². The Morgan fingerprint density at radius 2 is 2.43 bits per heavy atom. The maximum atomic E-state index is 6.17. The van der Waals surface area contributed by atoms with Gasteiger partial charge in [0.2, 0.25) is 0 Å². The molecule has 0 amide bonds. The number of nitrogens with two attached hydrogens (primary N) is 1. The van der Waals surface area contributed by atoms with Crippen LogP contribution in [0.4, 0.5) is 0 Å². The molecule has 78 valence electrons. The summed E-state index contributed by atoms with van der Waals surface area (Å²) in [5, 5.41) is 7.99. The maximum absolute atomic E-state index is 6.17. The molecular formula is C10H18N4.